The van der Waals surface area contributed by atoms with Gasteiger partial charge in [-0.25, -0.2) is 5.43 Å². The van der Waals surface area contributed by atoms with Crippen molar-refractivity contribution in [1.29, 1.82) is 0 Å². The first-order chi connectivity index (χ1) is 13.6. The van der Waals surface area contributed by atoms with E-state index >= 15 is 0 Å². The number of ether oxygens (including phenoxy) is 1. The molecule has 0 radical (unpaired) electrons. The molecule has 142 valence electrons. The number of amides is 1. The summed E-state index contributed by atoms with van der Waals surface area (Å²) in [4.78, 5) is 22.6. The molecular formula is C21H19N3O4. The molecular weight excluding hydrogens is 358 g/mol. The Labute approximate surface area is 161 Å². The largest absolute Gasteiger partial charge is 0.493 e. The molecule has 1 N–H and O–H groups in total. The summed E-state index contributed by atoms with van der Waals surface area (Å²) < 4.78 is 5.64. The number of hydrogen-bond acceptors (Lipinski definition) is 5. The Balaban J connectivity index is 1.74. The summed E-state index contributed by atoms with van der Waals surface area (Å²) in [6.45, 7) is 2.50. The second-order valence-electron chi connectivity index (χ2n) is 5.99. The van der Waals surface area contributed by atoms with Crippen molar-refractivity contribution in [2.24, 2.45) is 5.10 Å². The van der Waals surface area contributed by atoms with Crippen molar-refractivity contribution in [3.8, 4) is 5.75 Å². The van der Waals surface area contributed by atoms with E-state index in [-0.39, 0.29) is 12.1 Å². The summed E-state index contributed by atoms with van der Waals surface area (Å²) in [6.07, 6.45) is 1.42. The quantitative estimate of drug-likeness (QED) is 0.384. The van der Waals surface area contributed by atoms with Crippen molar-refractivity contribution in [2.75, 3.05) is 6.61 Å². The molecule has 7 heteroatoms. The molecule has 0 atom stereocenters. The molecule has 3 aromatic rings. The number of benzene rings is 3. The highest BCUT2D eigenvalue weighted by atomic mass is 16.6. The average molecular weight is 377 g/mol. The molecule has 0 saturated heterocycles. The van der Waals surface area contributed by atoms with E-state index in [1.54, 1.807) is 24.4 Å². The van der Waals surface area contributed by atoms with Crippen LogP contribution in [0, 0.1) is 10.1 Å². The molecule has 0 aromatic heterocycles. The van der Waals surface area contributed by atoms with Crippen LogP contribution < -0.4 is 10.2 Å². The number of nitrogens with one attached hydrogen (secondary N) is 1. The van der Waals surface area contributed by atoms with Crippen LogP contribution in [-0.2, 0) is 11.2 Å². The first-order valence-corrected chi connectivity index (χ1v) is 8.79. The minimum atomic E-state index is -0.502. The molecule has 0 aliphatic rings. The molecule has 3 rings (SSSR count). The first-order valence-electron chi connectivity index (χ1n) is 8.79. The maximum absolute atomic E-state index is 12.1. The smallest absolute Gasteiger partial charge is 0.273 e. The van der Waals surface area contributed by atoms with Gasteiger partial charge in [0, 0.05) is 22.6 Å². The number of fused-ring (bicyclic) bond motifs is 1. The van der Waals surface area contributed by atoms with Gasteiger partial charge in [0.1, 0.15) is 5.75 Å². The number of hydrazone groups is 1. The zero-order chi connectivity index (χ0) is 19.9. The third-order valence-corrected chi connectivity index (χ3v) is 4.15. The Bertz CT molecular complexity index is 1050. The second kappa shape index (κ2) is 8.77. The van der Waals surface area contributed by atoms with Crippen LogP contribution in [0.4, 0.5) is 5.69 Å². The number of nitro groups is 1. The highest BCUT2D eigenvalue weighted by Gasteiger charge is 2.15. The molecule has 7 nitrogen and oxygen atoms in total. The Morgan fingerprint density at radius 3 is 2.57 bits per heavy atom. The first kappa shape index (κ1) is 19.0. The van der Waals surface area contributed by atoms with Crippen LogP contribution in [0.25, 0.3) is 10.8 Å². The number of nitrogens with zero attached hydrogens (tertiary/aromatic N) is 2. The standard InChI is InChI=1S/C21H19N3O4/c1-2-28-20-12-11-16(17-8-4-5-9-18(17)20)14-22-23-21(25)13-15-7-3-6-10-19(15)24(26)27/h3-12,14H,2,13H2,1H3,(H,23,25). The van der Waals surface area contributed by atoms with E-state index in [1.807, 2.05) is 43.3 Å². The number of rotatable bonds is 7. The predicted molar refractivity (Wildman–Crippen MR) is 108 cm³/mol. The lowest BCUT2D eigenvalue weighted by Gasteiger charge is -2.09. The van der Waals surface area contributed by atoms with Crippen LogP contribution in [0.2, 0.25) is 0 Å². The number of hydrogen-bond donors (Lipinski definition) is 1. The van der Waals surface area contributed by atoms with Crippen LogP contribution in [0.5, 0.6) is 5.75 Å². The van der Waals surface area contributed by atoms with Gasteiger partial charge >= 0.3 is 0 Å². The SMILES string of the molecule is CCOc1ccc(C=NNC(=O)Cc2ccccc2[N+](=O)[O-])c2ccccc12. The Morgan fingerprint density at radius 1 is 1.11 bits per heavy atom. The molecule has 0 aliphatic carbocycles. The minimum absolute atomic E-state index is 0.0841. The van der Waals surface area contributed by atoms with Crippen molar-refractivity contribution < 1.29 is 14.5 Å². The Kier molecular flexibility index (Phi) is 5.96. The molecule has 3 aromatic carbocycles. The zero-order valence-electron chi connectivity index (χ0n) is 15.3. The van der Waals surface area contributed by atoms with Gasteiger partial charge in [0.05, 0.1) is 24.2 Å². The minimum Gasteiger partial charge on any atom is -0.493 e. The lowest BCUT2D eigenvalue weighted by Crippen LogP contribution is -2.20. The topological polar surface area (TPSA) is 93.8 Å². The van der Waals surface area contributed by atoms with Gasteiger partial charge in [0.2, 0.25) is 5.91 Å². The fraction of sp³-hybridized carbons (Fsp3) is 0.143. The van der Waals surface area contributed by atoms with E-state index in [9.17, 15) is 14.9 Å². The van der Waals surface area contributed by atoms with Crippen molar-refractivity contribution in [3.63, 3.8) is 0 Å². The maximum atomic E-state index is 12.1. The van der Waals surface area contributed by atoms with Crippen LogP contribution in [0.3, 0.4) is 0 Å². The zero-order valence-corrected chi connectivity index (χ0v) is 15.3. The average Bonchev–Trinajstić information content (AvgIpc) is 2.70. The van der Waals surface area contributed by atoms with E-state index in [4.69, 9.17) is 4.74 Å². The third-order valence-electron chi connectivity index (χ3n) is 4.15. The fourth-order valence-corrected chi connectivity index (χ4v) is 2.91. The normalized spacial score (nSPS) is 10.9. The monoisotopic (exact) mass is 377 g/mol. The summed E-state index contributed by atoms with van der Waals surface area (Å²) in [5.74, 6) is 0.358. The summed E-state index contributed by atoms with van der Waals surface area (Å²) >= 11 is 0. The van der Waals surface area contributed by atoms with Gasteiger partial charge in [-0.2, -0.15) is 5.10 Å². The van der Waals surface area contributed by atoms with E-state index in [1.165, 1.54) is 6.07 Å². The lowest BCUT2D eigenvalue weighted by molar-refractivity contribution is -0.385. The van der Waals surface area contributed by atoms with Gasteiger partial charge in [-0.3, -0.25) is 14.9 Å². The van der Waals surface area contributed by atoms with E-state index in [2.05, 4.69) is 10.5 Å². The van der Waals surface area contributed by atoms with Gasteiger partial charge in [0.25, 0.3) is 5.69 Å². The van der Waals surface area contributed by atoms with Crippen LogP contribution in [0.1, 0.15) is 18.1 Å². The summed E-state index contributed by atoms with van der Waals surface area (Å²) in [7, 11) is 0. The molecule has 0 saturated carbocycles. The van der Waals surface area contributed by atoms with Crippen molar-refractivity contribution in [3.05, 3.63) is 81.9 Å². The van der Waals surface area contributed by atoms with Crippen LogP contribution in [-0.4, -0.2) is 23.7 Å². The molecule has 0 unspecified atom stereocenters. The highest BCUT2D eigenvalue weighted by Crippen LogP contribution is 2.27. The van der Waals surface area contributed by atoms with Gasteiger partial charge in [-0.15, -0.1) is 0 Å². The fourth-order valence-electron chi connectivity index (χ4n) is 2.91. The molecule has 0 spiro atoms. The van der Waals surface area contributed by atoms with Crippen LogP contribution >= 0.6 is 0 Å². The molecule has 28 heavy (non-hydrogen) atoms. The molecule has 0 aliphatic heterocycles. The number of carbonyl (C=O) groups excluding carboxylic acids is 1. The van der Waals surface area contributed by atoms with Crippen LogP contribution in [0.15, 0.2) is 65.8 Å². The predicted octanol–water partition coefficient (Wildman–Crippen LogP) is 3.84. The van der Waals surface area contributed by atoms with Gasteiger partial charge < -0.3 is 4.74 Å². The van der Waals surface area contributed by atoms with Crippen molar-refractivity contribution >= 4 is 28.6 Å². The molecule has 0 fully saturated rings. The molecule has 0 heterocycles. The summed E-state index contributed by atoms with van der Waals surface area (Å²) in [6, 6.07) is 17.6. The van der Waals surface area contributed by atoms with Gasteiger partial charge in [0.15, 0.2) is 0 Å². The van der Waals surface area contributed by atoms with Gasteiger partial charge in [-0.05, 0) is 24.4 Å². The van der Waals surface area contributed by atoms with E-state index in [0.717, 1.165) is 22.1 Å². The molecule has 1 amide bonds. The number of nitro benzene ring substituents is 1. The summed E-state index contributed by atoms with van der Waals surface area (Å²) in [5, 5.41) is 16.9. The Hall–Kier alpha value is -3.74. The number of carbonyl (C=O) groups is 1. The molecule has 0 bridgehead atoms. The van der Waals surface area contributed by atoms with E-state index < -0.39 is 10.8 Å². The highest BCUT2D eigenvalue weighted by molar-refractivity contribution is 6.02. The number of para-hydroxylation sites is 1. The van der Waals surface area contributed by atoms with Crippen molar-refractivity contribution in [1.82, 2.24) is 5.43 Å². The third kappa shape index (κ3) is 4.32. The summed E-state index contributed by atoms with van der Waals surface area (Å²) in [5.41, 5.74) is 3.51. The second-order valence-corrected chi connectivity index (χ2v) is 5.99. The van der Waals surface area contributed by atoms with Crippen molar-refractivity contribution in [2.45, 2.75) is 13.3 Å². The van der Waals surface area contributed by atoms with E-state index in [0.29, 0.717) is 12.2 Å². The maximum Gasteiger partial charge on any atom is 0.273 e. The van der Waals surface area contributed by atoms with Gasteiger partial charge in [-0.1, -0.05) is 42.5 Å². The lowest BCUT2D eigenvalue weighted by atomic mass is 10.0. The Morgan fingerprint density at radius 2 is 1.82 bits per heavy atom.